The van der Waals surface area contributed by atoms with E-state index in [1.807, 2.05) is 18.7 Å². The van der Waals surface area contributed by atoms with Crippen LogP contribution in [0.2, 0.25) is 0 Å². The van der Waals surface area contributed by atoms with Gasteiger partial charge in [-0.25, -0.2) is 0 Å². The van der Waals surface area contributed by atoms with Gasteiger partial charge in [0.25, 0.3) is 0 Å². The molecule has 3 atom stereocenters. The van der Waals surface area contributed by atoms with Gasteiger partial charge in [0.05, 0.1) is 24.8 Å². The fourth-order valence-corrected chi connectivity index (χ4v) is 1.70. The molecule has 0 aliphatic carbocycles. The molecular formula is C11H20N2O2. The monoisotopic (exact) mass is 212 g/mol. The van der Waals surface area contributed by atoms with Gasteiger partial charge in [0, 0.05) is 6.54 Å². The maximum Gasteiger partial charge on any atom is 0.240 e. The van der Waals surface area contributed by atoms with Crippen molar-refractivity contribution in [2.24, 2.45) is 5.73 Å². The van der Waals surface area contributed by atoms with Gasteiger partial charge in [-0.3, -0.25) is 4.79 Å². The minimum absolute atomic E-state index is 0.00227. The Kier molecular flexibility index (Phi) is 4.29. The Labute approximate surface area is 91.1 Å². The van der Waals surface area contributed by atoms with Crippen LogP contribution < -0.4 is 5.73 Å². The molecule has 0 aromatic heterocycles. The van der Waals surface area contributed by atoms with Crippen molar-refractivity contribution in [2.45, 2.75) is 38.5 Å². The largest absolute Gasteiger partial charge is 0.375 e. The van der Waals surface area contributed by atoms with Crippen LogP contribution in [0.15, 0.2) is 12.7 Å². The molecule has 4 nitrogen and oxygen atoms in total. The van der Waals surface area contributed by atoms with Crippen LogP contribution in [-0.4, -0.2) is 42.1 Å². The first-order valence-corrected chi connectivity index (χ1v) is 5.34. The highest BCUT2D eigenvalue weighted by Gasteiger charge is 2.29. The number of carbonyl (C=O) groups excluding carboxylic acids is 1. The minimum atomic E-state index is -0.463. The van der Waals surface area contributed by atoms with Crippen LogP contribution in [0.1, 0.15) is 20.3 Å². The Balaban J connectivity index is 2.59. The molecule has 0 aromatic rings. The van der Waals surface area contributed by atoms with Crippen molar-refractivity contribution < 1.29 is 9.53 Å². The van der Waals surface area contributed by atoms with E-state index in [9.17, 15) is 4.79 Å². The van der Waals surface area contributed by atoms with E-state index in [4.69, 9.17) is 10.5 Å². The number of morpholine rings is 1. The molecule has 3 unspecified atom stereocenters. The molecule has 1 heterocycles. The van der Waals surface area contributed by atoms with Crippen molar-refractivity contribution in [2.75, 3.05) is 13.2 Å². The molecule has 1 amide bonds. The van der Waals surface area contributed by atoms with Crippen LogP contribution in [0.4, 0.5) is 0 Å². The number of carbonyl (C=O) groups is 1. The fraction of sp³-hybridized carbons (Fsp3) is 0.727. The lowest BCUT2D eigenvalue weighted by Gasteiger charge is -2.38. The highest BCUT2D eigenvalue weighted by atomic mass is 16.5. The molecule has 1 aliphatic heterocycles. The molecule has 0 spiro atoms. The smallest absolute Gasteiger partial charge is 0.240 e. The second-order valence-corrected chi connectivity index (χ2v) is 4.11. The van der Waals surface area contributed by atoms with E-state index in [1.165, 1.54) is 0 Å². The van der Waals surface area contributed by atoms with Crippen molar-refractivity contribution in [3.8, 4) is 0 Å². The average molecular weight is 212 g/mol. The molecule has 0 saturated carbocycles. The molecule has 1 rings (SSSR count). The number of amides is 1. The third kappa shape index (κ3) is 3.04. The Hall–Kier alpha value is -0.870. The fourth-order valence-electron chi connectivity index (χ4n) is 1.70. The first-order valence-electron chi connectivity index (χ1n) is 5.34. The number of nitrogens with two attached hydrogens (primary N) is 1. The predicted molar refractivity (Wildman–Crippen MR) is 59.4 cm³/mol. The quantitative estimate of drug-likeness (QED) is 0.694. The Morgan fingerprint density at radius 2 is 2.40 bits per heavy atom. The molecule has 2 N–H and O–H groups in total. The summed E-state index contributed by atoms with van der Waals surface area (Å²) in [6.07, 6.45) is 2.30. The maximum absolute atomic E-state index is 11.9. The zero-order valence-electron chi connectivity index (χ0n) is 9.48. The van der Waals surface area contributed by atoms with Crippen molar-refractivity contribution >= 4 is 5.91 Å². The summed E-state index contributed by atoms with van der Waals surface area (Å²) in [5.41, 5.74) is 5.76. The summed E-state index contributed by atoms with van der Waals surface area (Å²) in [7, 11) is 0. The molecule has 0 aromatic carbocycles. The number of nitrogens with zero attached hydrogens (tertiary/aromatic N) is 1. The highest BCUT2D eigenvalue weighted by Crippen LogP contribution is 2.13. The third-order valence-electron chi connectivity index (χ3n) is 2.63. The van der Waals surface area contributed by atoms with Gasteiger partial charge >= 0.3 is 0 Å². The molecule has 1 saturated heterocycles. The summed E-state index contributed by atoms with van der Waals surface area (Å²) in [4.78, 5) is 13.7. The van der Waals surface area contributed by atoms with Gasteiger partial charge in [0.1, 0.15) is 0 Å². The van der Waals surface area contributed by atoms with E-state index in [0.717, 1.165) is 0 Å². The third-order valence-corrected chi connectivity index (χ3v) is 2.63. The van der Waals surface area contributed by atoms with Crippen LogP contribution >= 0.6 is 0 Å². The number of rotatable bonds is 3. The van der Waals surface area contributed by atoms with E-state index in [1.54, 1.807) is 6.08 Å². The zero-order chi connectivity index (χ0) is 11.4. The molecule has 15 heavy (non-hydrogen) atoms. The van der Waals surface area contributed by atoms with E-state index in [2.05, 4.69) is 6.58 Å². The predicted octanol–water partition coefficient (Wildman–Crippen LogP) is 0.526. The van der Waals surface area contributed by atoms with Gasteiger partial charge in [0.2, 0.25) is 5.91 Å². The topological polar surface area (TPSA) is 55.6 Å². The van der Waals surface area contributed by atoms with Crippen molar-refractivity contribution in [3.05, 3.63) is 12.7 Å². The molecule has 86 valence electrons. The number of hydrogen-bond acceptors (Lipinski definition) is 3. The van der Waals surface area contributed by atoms with Gasteiger partial charge < -0.3 is 15.4 Å². The summed E-state index contributed by atoms with van der Waals surface area (Å²) in [5.74, 6) is -0.00227. The molecule has 1 aliphatic rings. The molecule has 1 fully saturated rings. The zero-order valence-corrected chi connectivity index (χ0v) is 9.48. The van der Waals surface area contributed by atoms with E-state index < -0.39 is 6.04 Å². The average Bonchev–Trinajstić information content (AvgIpc) is 2.21. The van der Waals surface area contributed by atoms with Crippen LogP contribution in [-0.2, 0) is 9.53 Å². The van der Waals surface area contributed by atoms with Crippen LogP contribution in [0.25, 0.3) is 0 Å². The summed E-state index contributed by atoms with van der Waals surface area (Å²) in [6, 6.07) is -0.347. The molecular weight excluding hydrogens is 192 g/mol. The normalized spacial score (nSPS) is 28.6. The highest BCUT2D eigenvalue weighted by molar-refractivity contribution is 5.82. The summed E-state index contributed by atoms with van der Waals surface area (Å²) < 4.78 is 5.46. The summed E-state index contributed by atoms with van der Waals surface area (Å²) in [5, 5.41) is 0. The van der Waals surface area contributed by atoms with Crippen LogP contribution in [0, 0.1) is 0 Å². The summed E-state index contributed by atoms with van der Waals surface area (Å²) >= 11 is 0. The van der Waals surface area contributed by atoms with Crippen LogP contribution in [0.3, 0.4) is 0 Å². The lowest BCUT2D eigenvalue weighted by molar-refractivity contribution is -0.144. The standard InChI is InChI=1S/C11H20N2O2/c1-4-5-10(12)11(14)13-6-9(3)15-7-8(13)2/h4,8-10H,1,5-7,12H2,2-3H3. The maximum atomic E-state index is 11.9. The molecule has 0 radical (unpaired) electrons. The first kappa shape index (κ1) is 12.2. The van der Waals surface area contributed by atoms with E-state index in [-0.39, 0.29) is 18.1 Å². The number of hydrogen-bond donors (Lipinski definition) is 1. The SMILES string of the molecule is C=CCC(N)C(=O)N1CC(C)OCC1C. The van der Waals surface area contributed by atoms with Crippen molar-refractivity contribution in [1.82, 2.24) is 4.90 Å². The van der Waals surface area contributed by atoms with Gasteiger partial charge in [-0.1, -0.05) is 6.08 Å². The minimum Gasteiger partial charge on any atom is -0.375 e. The Morgan fingerprint density at radius 3 is 3.00 bits per heavy atom. The lowest BCUT2D eigenvalue weighted by Crippen LogP contribution is -2.54. The second-order valence-electron chi connectivity index (χ2n) is 4.11. The number of ether oxygens (including phenoxy) is 1. The van der Waals surface area contributed by atoms with Gasteiger partial charge in [-0.15, -0.1) is 6.58 Å². The summed E-state index contributed by atoms with van der Waals surface area (Å²) in [6.45, 7) is 8.75. The molecule has 4 heteroatoms. The molecule has 0 bridgehead atoms. The van der Waals surface area contributed by atoms with E-state index >= 15 is 0 Å². The van der Waals surface area contributed by atoms with Gasteiger partial charge in [0.15, 0.2) is 0 Å². The Morgan fingerprint density at radius 1 is 1.73 bits per heavy atom. The van der Waals surface area contributed by atoms with E-state index in [0.29, 0.717) is 19.6 Å². The van der Waals surface area contributed by atoms with Crippen LogP contribution in [0.5, 0.6) is 0 Å². The van der Waals surface area contributed by atoms with Gasteiger partial charge in [-0.05, 0) is 20.3 Å². The first-order chi connectivity index (χ1) is 7.06. The van der Waals surface area contributed by atoms with Crippen molar-refractivity contribution in [1.29, 1.82) is 0 Å². The second kappa shape index (κ2) is 5.28. The lowest BCUT2D eigenvalue weighted by atomic mass is 10.1. The van der Waals surface area contributed by atoms with Crippen molar-refractivity contribution in [3.63, 3.8) is 0 Å². The van der Waals surface area contributed by atoms with Gasteiger partial charge in [-0.2, -0.15) is 0 Å². The Bertz CT molecular complexity index is 243.